The summed E-state index contributed by atoms with van der Waals surface area (Å²) in [5.74, 6) is 0.285. The average Bonchev–Trinajstić information content (AvgIpc) is 2.92. The van der Waals surface area contributed by atoms with Crippen LogP contribution in [0.5, 0.6) is 0 Å². The second kappa shape index (κ2) is 6.43. The number of hydrogen-bond donors (Lipinski definition) is 1. The van der Waals surface area contributed by atoms with E-state index in [4.69, 9.17) is 0 Å². The van der Waals surface area contributed by atoms with Gasteiger partial charge in [0.25, 0.3) is 5.91 Å². The second-order valence-corrected chi connectivity index (χ2v) is 6.01. The number of likely N-dealkylation sites (tertiary alicyclic amines) is 1. The third-order valence-electron chi connectivity index (χ3n) is 4.28. The lowest BCUT2D eigenvalue weighted by Gasteiger charge is -2.33. The Morgan fingerprint density at radius 3 is 2.46 bits per heavy atom. The van der Waals surface area contributed by atoms with E-state index in [1.807, 2.05) is 13.8 Å². The van der Waals surface area contributed by atoms with Crippen LogP contribution in [0.2, 0.25) is 0 Å². The molecule has 1 aliphatic rings. The minimum absolute atomic E-state index is 0.236. The maximum atomic E-state index is 12.7. The molecule has 1 atom stereocenters. The van der Waals surface area contributed by atoms with Crippen LogP contribution in [-0.4, -0.2) is 49.2 Å². The molecule has 1 aromatic heterocycles. The van der Waals surface area contributed by atoms with Crippen molar-refractivity contribution in [3.8, 4) is 5.69 Å². The Morgan fingerprint density at radius 2 is 1.88 bits per heavy atom. The fraction of sp³-hybridized carbons (Fsp3) is 0.412. The minimum Gasteiger partial charge on any atom is -0.480 e. The maximum absolute atomic E-state index is 12.7. The molecule has 1 unspecified atom stereocenters. The van der Waals surface area contributed by atoms with E-state index < -0.39 is 12.0 Å². The molecule has 1 N–H and O–H groups in total. The number of benzene rings is 1. The molecule has 1 amide bonds. The van der Waals surface area contributed by atoms with E-state index in [9.17, 15) is 14.7 Å². The van der Waals surface area contributed by atoms with Gasteiger partial charge in [0, 0.05) is 12.1 Å². The number of piperidine rings is 1. The van der Waals surface area contributed by atoms with Gasteiger partial charge < -0.3 is 10.0 Å². The first kappa shape index (κ1) is 16.2. The lowest BCUT2D eigenvalue weighted by atomic mass is 10.0. The predicted octanol–water partition coefficient (Wildman–Crippen LogP) is 1.96. The molecule has 24 heavy (non-hydrogen) atoms. The van der Waals surface area contributed by atoms with E-state index in [1.54, 1.807) is 28.9 Å². The van der Waals surface area contributed by atoms with Gasteiger partial charge in [-0.2, -0.15) is 5.10 Å². The smallest absolute Gasteiger partial charge is 0.326 e. The highest BCUT2D eigenvalue weighted by molar-refractivity contribution is 5.96. The SMILES string of the molecule is Cc1nc(C)n(-c2ccc(C(=O)N3CCCCC3C(=O)O)cc2)n1. The second-order valence-electron chi connectivity index (χ2n) is 6.01. The molecule has 0 aliphatic carbocycles. The number of nitrogens with zero attached hydrogens (tertiary/aromatic N) is 4. The molecule has 2 heterocycles. The third-order valence-corrected chi connectivity index (χ3v) is 4.28. The van der Waals surface area contributed by atoms with Crippen molar-refractivity contribution in [1.29, 1.82) is 0 Å². The van der Waals surface area contributed by atoms with Crippen LogP contribution >= 0.6 is 0 Å². The minimum atomic E-state index is -0.937. The van der Waals surface area contributed by atoms with Crippen molar-refractivity contribution in [1.82, 2.24) is 19.7 Å². The van der Waals surface area contributed by atoms with E-state index in [-0.39, 0.29) is 5.91 Å². The molecular weight excluding hydrogens is 308 g/mol. The van der Waals surface area contributed by atoms with Gasteiger partial charge in [0.2, 0.25) is 0 Å². The van der Waals surface area contributed by atoms with Gasteiger partial charge in [-0.25, -0.2) is 14.5 Å². The first-order valence-electron chi connectivity index (χ1n) is 8.02. The summed E-state index contributed by atoms with van der Waals surface area (Å²) in [4.78, 5) is 29.8. The number of rotatable bonds is 3. The van der Waals surface area contributed by atoms with Gasteiger partial charge >= 0.3 is 5.97 Å². The van der Waals surface area contributed by atoms with Gasteiger partial charge in [-0.05, 0) is 57.4 Å². The quantitative estimate of drug-likeness (QED) is 0.930. The van der Waals surface area contributed by atoms with Gasteiger partial charge in [-0.1, -0.05) is 0 Å². The van der Waals surface area contributed by atoms with Crippen LogP contribution in [0.25, 0.3) is 5.69 Å². The van der Waals surface area contributed by atoms with Crippen LogP contribution in [0.15, 0.2) is 24.3 Å². The van der Waals surface area contributed by atoms with Gasteiger partial charge in [0.05, 0.1) is 5.69 Å². The van der Waals surface area contributed by atoms with E-state index >= 15 is 0 Å². The van der Waals surface area contributed by atoms with Crippen molar-refractivity contribution in [2.24, 2.45) is 0 Å². The molecule has 1 aliphatic heterocycles. The summed E-state index contributed by atoms with van der Waals surface area (Å²) in [5.41, 5.74) is 1.31. The first-order valence-corrected chi connectivity index (χ1v) is 8.02. The molecule has 1 aromatic carbocycles. The number of aryl methyl sites for hydroxylation is 2. The van der Waals surface area contributed by atoms with Gasteiger partial charge in [0.15, 0.2) is 0 Å². The molecule has 1 saturated heterocycles. The topological polar surface area (TPSA) is 88.3 Å². The summed E-state index contributed by atoms with van der Waals surface area (Å²) >= 11 is 0. The molecule has 0 radical (unpaired) electrons. The summed E-state index contributed by atoms with van der Waals surface area (Å²) in [6.45, 7) is 4.17. The largest absolute Gasteiger partial charge is 0.480 e. The molecule has 0 bridgehead atoms. The number of carbonyl (C=O) groups excluding carboxylic acids is 1. The summed E-state index contributed by atoms with van der Waals surface area (Å²) < 4.78 is 1.71. The molecule has 1 fully saturated rings. The Morgan fingerprint density at radius 1 is 1.17 bits per heavy atom. The predicted molar refractivity (Wildman–Crippen MR) is 87.1 cm³/mol. The zero-order valence-electron chi connectivity index (χ0n) is 13.8. The molecular formula is C17H20N4O3. The highest BCUT2D eigenvalue weighted by atomic mass is 16.4. The van der Waals surface area contributed by atoms with Crippen LogP contribution in [-0.2, 0) is 4.79 Å². The van der Waals surface area contributed by atoms with Gasteiger partial charge in [0.1, 0.15) is 17.7 Å². The lowest BCUT2D eigenvalue weighted by Crippen LogP contribution is -2.47. The van der Waals surface area contributed by atoms with Crippen molar-refractivity contribution in [3.63, 3.8) is 0 Å². The number of carbonyl (C=O) groups is 2. The van der Waals surface area contributed by atoms with E-state index in [1.165, 1.54) is 4.90 Å². The third kappa shape index (κ3) is 3.02. The standard InChI is InChI=1S/C17H20N4O3/c1-11-18-12(2)21(19-11)14-8-6-13(7-9-14)16(22)20-10-4-3-5-15(20)17(23)24/h6-9,15H,3-5,10H2,1-2H3,(H,23,24). The number of amides is 1. The molecule has 0 saturated carbocycles. The zero-order valence-corrected chi connectivity index (χ0v) is 13.8. The Hall–Kier alpha value is -2.70. The highest BCUT2D eigenvalue weighted by Crippen LogP contribution is 2.21. The maximum Gasteiger partial charge on any atom is 0.326 e. The number of carboxylic acid groups (broad SMARTS) is 1. The average molecular weight is 328 g/mol. The van der Waals surface area contributed by atoms with Crippen molar-refractivity contribution in [2.45, 2.75) is 39.2 Å². The number of aliphatic carboxylic acids is 1. The van der Waals surface area contributed by atoms with Crippen molar-refractivity contribution >= 4 is 11.9 Å². The molecule has 7 nitrogen and oxygen atoms in total. The monoisotopic (exact) mass is 328 g/mol. The van der Waals surface area contributed by atoms with Crippen molar-refractivity contribution < 1.29 is 14.7 Å². The fourth-order valence-corrected chi connectivity index (χ4v) is 3.11. The summed E-state index contributed by atoms with van der Waals surface area (Å²) in [7, 11) is 0. The Labute approximate surface area is 139 Å². The molecule has 2 aromatic rings. The molecule has 3 rings (SSSR count). The van der Waals surface area contributed by atoms with Crippen LogP contribution < -0.4 is 0 Å². The molecule has 126 valence electrons. The number of carboxylic acids is 1. The summed E-state index contributed by atoms with van der Waals surface area (Å²) in [6.07, 6.45) is 2.19. The van der Waals surface area contributed by atoms with Gasteiger partial charge in [-0.3, -0.25) is 4.79 Å². The van der Waals surface area contributed by atoms with Crippen LogP contribution in [0.3, 0.4) is 0 Å². The zero-order chi connectivity index (χ0) is 17.3. The molecule has 7 heteroatoms. The van der Waals surface area contributed by atoms with Crippen LogP contribution in [0.4, 0.5) is 0 Å². The van der Waals surface area contributed by atoms with Gasteiger partial charge in [-0.15, -0.1) is 0 Å². The Bertz CT molecular complexity index is 767. The van der Waals surface area contributed by atoms with Crippen LogP contribution in [0.1, 0.15) is 41.3 Å². The number of hydrogen-bond acceptors (Lipinski definition) is 4. The lowest BCUT2D eigenvalue weighted by molar-refractivity contribution is -0.143. The highest BCUT2D eigenvalue weighted by Gasteiger charge is 2.32. The van der Waals surface area contributed by atoms with Crippen molar-refractivity contribution in [2.75, 3.05) is 6.54 Å². The summed E-state index contributed by atoms with van der Waals surface area (Å²) in [6, 6.07) is 6.29. The Balaban J connectivity index is 1.83. The Kier molecular flexibility index (Phi) is 4.33. The first-order chi connectivity index (χ1) is 11.5. The van der Waals surface area contributed by atoms with Crippen molar-refractivity contribution in [3.05, 3.63) is 41.5 Å². The summed E-state index contributed by atoms with van der Waals surface area (Å²) in [5, 5.41) is 13.6. The van der Waals surface area contributed by atoms with Crippen LogP contribution in [0, 0.1) is 13.8 Å². The van der Waals surface area contributed by atoms with E-state index in [0.29, 0.717) is 24.4 Å². The van der Waals surface area contributed by atoms with E-state index in [2.05, 4.69) is 10.1 Å². The number of aromatic nitrogens is 3. The normalized spacial score (nSPS) is 17.8. The molecule has 0 spiro atoms. The fourth-order valence-electron chi connectivity index (χ4n) is 3.11. The van der Waals surface area contributed by atoms with E-state index in [0.717, 1.165) is 24.4 Å².